The molecule has 0 amide bonds. The van der Waals surface area contributed by atoms with Crippen molar-refractivity contribution in [2.45, 2.75) is 13.0 Å². The van der Waals surface area contributed by atoms with Gasteiger partial charge >= 0.3 is 5.69 Å². The third kappa shape index (κ3) is 2.44. The van der Waals surface area contributed by atoms with Crippen molar-refractivity contribution in [3.05, 3.63) is 22.2 Å². The predicted molar refractivity (Wildman–Crippen MR) is 69.4 cm³/mol. The SMILES string of the molecule is CC1CSCCN1c1nc(N)ccc1[N+](=O)[O-]. The van der Waals surface area contributed by atoms with Crippen LogP contribution in [0.5, 0.6) is 0 Å². The normalized spacial score (nSPS) is 20.3. The number of nitrogens with zero attached hydrogens (tertiary/aromatic N) is 3. The van der Waals surface area contributed by atoms with Gasteiger partial charge in [0.2, 0.25) is 5.82 Å². The third-order valence-electron chi connectivity index (χ3n) is 2.71. The Morgan fingerprint density at radius 2 is 2.41 bits per heavy atom. The molecule has 7 heteroatoms. The van der Waals surface area contributed by atoms with Gasteiger partial charge in [0, 0.05) is 30.2 Å². The first-order valence-electron chi connectivity index (χ1n) is 5.35. The number of hydrogen-bond donors (Lipinski definition) is 1. The molecule has 1 unspecified atom stereocenters. The molecule has 2 N–H and O–H groups in total. The zero-order valence-corrected chi connectivity index (χ0v) is 10.3. The number of nitrogens with two attached hydrogens (primary N) is 1. The van der Waals surface area contributed by atoms with Gasteiger partial charge in [-0.1, -0.05) is 0 Å². The van der Waals surface area contributed by atoms with E-state index in [1.54, 1.807) is 0 Å². The van der Waals surface area contributed by atoms with Crippen molar-refractivity contribution in [1.82, 2.24) is 4.98 Å². The Morgan fingerprint density at radius 1 is 1.65 bits per heavy atom. The largest absolute Gasteiger partial charge is 0.384 e. The monoisotopic (exact) mass is 254 g/mol. The summed E-state index contributed by atoms with van der Waals surface area (Å²) in [6, 6.07) is 3.12. The molecular weight excluding hydrogens is 240 g/mol. The second-order valence-electron chi connectivity index (χ2n) is 3.95. The van der Waals surface area contributed by atoms with E-state index in [2.05, 4.69) is 4.98 Å². The van der Waals surface area contributed by atoms with E-state index in [0.717, 1.165) is 18.1 Å². The molecule has 1 aromatic rings. The van der Waals surface area contributed by atoms with Crippen molar-refractivity contribution >= 4 is 29.1 Å². The Labute approximate surface area is 103 Å². The maximum atomic E-state index is 11.0. The van der Waals surface area contributed by atoms with E-state index in [1.165, 1.54) is 12.1 Å². The van der Waals surface area contributed by atoms with E-state index in [1.807, 2.05) is 23.6 Å². The van der Waals surface area contributed by atoms with Crippen LogP contribution in [0, 0.1) is 10.1 Å². The first-order valence-corrected chi connectivity index (χ1v) is 6.50. The number of nitro groups is 1. The highest BCUT2D eigenvalue weighted by atomic mass is 32.2. The van der Waals surface area contributed by atoms with Gasteiger partial charge in [-0.15, -0.1) is 0 Å². The summed E-state index contributed by atoms with van der Waals surface area (Å²) in [6.07, 6.45) is 0. The first-order chi connectivity index (χ1) is 8.09. The first kappa shape index (κ1) is 12.0. The molecule has 0 saturated carbocycles. The summed E-state index contributed by atoms with van der Waals surface area (Å²) in [5, 5.41) is 11.0. The molecule has 17 heavy (non-hydrogen) atoms. The molecule has 1 aromatic heterocycles. The summed E-state index contributed by atoms with van der Waals surface area (Å²) in [7, 11) is 0. The second-order valence-corrected chi connectivity index (χ2v) is 5.10. The van der Waals surface area contributed by atoms with Gasteiger partial charge in [0.05, 0.1) is 4.92 Å². The average molecular weight is 254 g/mol. The van der Waals surface area contributed by atoms with Gasteiger partial charge < -0.3 is 10.6 Å². The van der Waals surface area contributed by atoms with Crippen molar-refractivity contribution in [1.29, 1.82) is 0 Å². The number of nitrogen functional groups attached to an aromatic ring is 1. The Kier molecular flexibility index (Phi) is 3.37. The zero-order valence-electron chi connectivity index (χ0n) is 9.50. The van der Waals surface area contributed by atoms with Crippen molar-refractivity contribution in [3.63, 3.8) is 0 Å². The third-order valence-corrected chi connectivity index (χ3v) is 3.90. The molecule has 2 rings (SSSR count). The molecule has 6 nitrogen and oxygen atoms in total. The van der Waals surface area contributed by atoms with Crippen molar-refractivity contribution in [2.24, 2.45) is 0 Å². The van der Waals surface area contributed by atoms with Crippen LogP contribution in [0.1, 0.15) is 6.92 Å². The van der Waals surface area contributed by atoms with E-state index in [0.29, 0.717) is 11.6 Å². The van der Waals surface area contributed by atoms with Crippen molar-refractivity contribution in [3.8, 4) is 0 Å². The standard InChI is InChI=1S/C10H14N4O2S/c1-7-6-17-5-4-13(7)10-8(14(15)16)2-3-9(11)12-10/h2-3,7H,4-6H2,1H3,(H2,11,12). The molecule has 1 aliphatic rings. The molecule has 92 valence electrons. The minimum atomic E-state index is -0.407. The minimum Gasteiger partial charge on any atom is -0.384 e. The molecule has 1 saturated heterocycles. The summed E-state index contributed by atoms with van der Waals surface area (Å²) in [5.41, 5.74) is 5.64. The lowest BCUT2D eigenvalue weighted by atomic mass is 10.2. The van der Waals surface area contributed by atoms with E-state index in [-0.39, 0.29) is 11.7 Å². The molecule has 0 bridgehead atoms. The number of pyridine rings is 1. The van der Waals surface area contributed by atoms with E-state index in [4.69, 9.17) is 5.73 Å². The fourth-order valence-electron chi connectivity index (χ4n) is 1.85. The highest BCUT2D eigenvalue weighted by Crippen LogP contribution is 2.31. The van der Waals surface area contributed by atoms with Crippen LogP contribution in [0.4, 0.5) is 17.3 Å². The smallest absolute Gasteiger partial charge is 0.311 e. The summed E-state index contributed by atoms with van der Waals surface area (Å²) in [6.45, 7) is 2.81. The molecule has 0 aliphatic carbocycles. The molecule has 1 fully saturated rings. The minimum absolute atomic E-state index is 0.0259. The lowest BCUT2D eigenvalue weighted by Gasteiger charge is -2.33. The second kappa shape index (κ2) is 4.79. The highest BCUT2D eigenvalue weighted by molar-refractivity contribution is 7.99. The van der Waals surface area contributed by atoms with Crippen LogP contribution in [-0.4, -0.2) is 34.0 Å². The van der Waals surface area contributed by atoms with Crippen LogP contribution in [-0.2, 0) is 0 Å². The summed E-state index contributed by atoms with van der Waals surface area (Å²) in [5.74, 6) is 2.62. The summed E-state index contributed by atoms with van der Waals surface area (Å²) < 4.78 is 0. The van der Waals surface area contributed by atoms with E-state index < -0.39 is 4.92 Å². The Morgan fingerprint density at radius 3 is 3.06 bits per heavy atom. The molecule has 0 aromatic carbocycles. The van der Waals surface area contributed by atoms with Gasteiger partial charge in [-0.3, -0.25) is 10.1 Å². The molecule has 2 heterocycles. The Hall–Kier alpha value is -1.50. The number of hydrogen-bond acceptors (Lipinski definition) is 6. The lowest BCUT2D eigenvalue weighted by molar-refractivity contribution is -0.384. The molecule has 0 spiro atoms. The average Bonchev–Trinajstić information content (AvgIpc) is 2.29. The number of thioether (sulfide) groups is 1. The summed E-state index contributed by atoms with van der Waals surface area (Å²) >= 11 is 1.85. The zero-order chi connectivity index (χ0) is 12.4. The summed E-state index contributed by atoms with van der Waals surface area (Å²) in [4.78, 5) is 16.7. The lowest BCUT2D eigenvalue weighted by Crippen LogP contribution is -2.41. The van der Waals surface area contributed by atoms with Crippen LogP contribution in [0.25, 0.3) is 0 Å². The molecule has 1 aliphatic heterocycles. The van der Waals surface area contributed by atoms with Gasteiger partial charge in [-0.25, -0.2) is 4.98 Å². The number of aromatic nitrogens is 1. The fraction of sp³-hybridized carbons (Fsp3) is 0.500. The van der Waals surface area contributed by atoms with Crippen molar-refractivity contribution in [2.75, 3.05) is 28.7 Å². The topological polar surface area (TPSA) is 85.3 Å². The van der Waals surface area contributed by atoms with Gasteiger partial charge in [-0.05, 0) is 13.0 Å². The van der Waals surface area contributed by atoms with Crippen LogP contribution in [0.15, 0.2) is 12.1 Å². The van der Waals surface area contributed by atoms with E-state index in [9.17, 15) is 10.1 Å². The fourth-order valence-corrected chi connectivity index (χ4v) is 2.86. The predicted octanol–water partition coefficient (Wildman–Crippen LogP) is 1.51. The van der Waals surface area contributed by atoms with Gasteiger partial charge in [0.25, 0.3) is 0 Å². The molecule has 1 atom stereocenters. The number of rotatable bonds is 2. The Balaban J connectivity index is 2.41. The molecule has 0 radical (unpaired) electrons. The quantitative estimate of drug-likeness (QED) is 0.636. The van der Waals surface area contributed by atoms with Crippen LogP contribution in [0.2, 0.25) is 0 Å². The van der Waals surface area contributed by atoms with Gasteiger partial charge in [0.1, 0.15) is 5.82 Å². The number of anilines is 2. The van der Waals surface area contributed by atoms with Crippen LogP contribution >= 0.6 is 11.8 Å². The van der Waals surface area contributed by atoms with E-state index >= 15 is 0 Å². The van der Waals surface area contributed by atoms with Gasteiger partial charge in [-0.2, -0.15) is 11.8 Å². The molecular formula is C10H14N4O2S. The Bertz CT molecular complexity index is 440. The highest BCUT2D eigenvalue weighted by Gasteiger charge is 2.27. The van der Waals surface area contributed by atoms with Crippen LogP contribution in [0.3, 0.4) is 0 Å². The maximum Gasteiger partial charge on any atom is 0.311 e. The van der Waals surface area contributed by atoms with Crippen LogP contribution < -0.4 is 10.6 Å². The maximum absolute atomic E-state index is 11.0. The van der Waals surface area contributed by atoms with Gasteiger partial charge in [0.15, 0.2) is 0 Å². The van der Waals surface area contributed by atoms with Crippen molar-refractivity contribution < 1.29 is 4.92 Å².